The molecule has 0 aromatic heterocycles. The first kappa shape index (κ1) is 11.7. The molecule has 4 aliphatic rings. The predicted octanol–water partition coefficient (Wildman–Crippen LogP) is 1.30. The third-order valence-corrected chi connectivity index (χ3v) is 5.97. The molecule has 0 bridgehead atoms. The molecule has 0 spiro atoms. The first-order valence-electron chi connectivity index (χ1n) is 8.14. The maximum absolute atomic E-state index is 3.63. The van der Waals surface area contributed by atoms with Crippen molar-refractivity contribution in [2.45, 2.75) is 56.7 Å². The Morgan fingerprint density at radius 2 is 1.72 bits per heavy atom. The van der Waals surface area contributed by atoms with Crippen molar-refractivity contribution in [3.63, 3.8) is 0 Å². The van der Waals surface area contributed by atoms with Gasteiger partial charge < -0.3 is 5.32 Å². The second-order valence-corrected chi connectivity index (χ2v) is 6.82. The number of hydrogen-bond donors (Lipinski definition) is 1. The van der Waals surface area contributed by atoms with Gasteiger partial charge >= 0.3 is 0 Å². The number of nitrogens with zero attached hydrogens (tertiary/aromatic N) is 2. The standard InChI is InChI=1S/C15H27N3/c1-2-7-17-9-6-14(13(17)5-1)18-8-3-4-12-10-16-11-15(12)18/h12-16H,1-11H2. The summed E-state index contributed by atoms with van der Waals surface area (Å²) in [7, 11) is 0. The maximum Gasteiger partial charge on any atom is 0.0267 e. The van der Waals surface area contributed by atoms with Gasteiger partial charge in [-0.25, -0.2) is 0 Å². The van der Waals surface area contributed by atoms with Crippen molar-refractivity contribution in [1.82, 2.24) is 15.1 Å². The molecule has 3 heteroatoms. The largest absolute Gasteiger partial charge is 0.315 e. The van der Waals surface area contributed by atoms with Crippen LogP contribution in [-0.2, 0) is 0 Å². The van der Waals surface area contributed by atoms with Gasteiger partial charge in [-0.05, 0) is 57.7 Å². The molecule has 4 atom stereocenters. The Kier molecular flexibility index (Phi) is 3.10. The SMILES string of the molecule is C1CCN2CCC(N3CCCC4CNCC43)C2C1. The van der Waals surface area contributed by atoms with Crippen LogP contribution in [0.5, 0.6) is 0 Å². The lowest BCUT2D eigenvalue weighted by molar-refractivity contribution is 0.0461. The fourth-order valence-electron chi connectivity index (χ4n) is 5.12. The van der Waals surface area contributed by atoms with E-state index >= 15 is 0 Å². The monoisotopic (exact) mass is 249 g/mol. The van der Waals surface area contributed by atoms with Gasteiger partial charge in [0.1, 0.15) is 0 Å². The number of fused-ring (bicyclic) bond motifs is 2. The van der Waals surface area contributed by atoms with Crippen molar-refractivity contribution in [3.05, 3.63) is 0 Å². The van der Waals surface area contributed by atoms with Crippen LogP contribution in [0.3, 0.4) is 0 Å². The van der Waals surface area contributed by atoms with Gasteiger partial charge in [-0.1, -0.05) is 6.42 Å². The normalized spacial score (nSPS) is 46.0. The van der Waals surface area contributed by atoms with Gasteiger partial charge in [0.05, 0.1) is 0 Å². The Morgan fingerprint density at radius 1 is 0.722 bits per heavy atom. The van der Waals surface area contributed by atoms with Crippen molar-refractivity contribution in [2.75, 3.05) is 32.7 Å². The van der Waals surface area contributed by atoms with Gasteiger partial charge in [0.15, 0.2) is 0 Å². The van der Waals surface area contributed by atoms with E-state index in [1.54, 1.807) is 0 Å². The van der Waals surface area contributed by atoms with Gasteiger partial charge in [-0.15, -0.1) is 0 Å². The Balaban J connectivity index is 1.51. The van der Waals surface area contributed by atoms with Crippen LogP contribution < -0.4 is 5.32 Å². The smallest absolute Gasteiger partial charge is 0.0267 e. The zero-order valence-corrected chi connectivity index (χ0v) is 11.5. The van der Waals surface area contributed by atoms with Gasteiger partial charge in [0.2, 0.25) is 0 Å². The van der Waals surface area contributed by atoms with Crippen LogP contribution in [0.2, 0.25) is 0 Å². The number of rotatable bonds is 1. The first-order chi connectivity index (χ1) is 8.93. The molecule has 0 saturated carbocycles. The molecule has 4 aliphatic heterocycles. The minimum Gasteiger partial charge on any atom is -0.315 e. The zero-order valence-electron chi connectivity index (χ0n) is 11.5. The lowest BCUT2D eigenvalue weighted by atomic mass is 9.88. The summed E-state index contributed by atoms with van der Waals surface area (Å²) in [5.74, 6) is 0.955. The van der Waals surface area contributed by atoms with Gasteiger partial charge in [-0.3, -0.25) is 9.80 Å². The molecule has 0 amide bonds. The highest BCUT2D eigenvalue weighted by Gasteiger charge is 2.44. The van der Waals surface area contributed by atoms with Crippen LogP contribution in [-0.4, -0.2) is 60.6 Å². The highest BCUT2D eigenvalue weighted by molar-refractivity contribution is 5.01. The molecule has 102 valence electrons. The fourth-order valence-corrected chi connectivity index (χ4v) is 5.12. The Morgan fingerprint density at radius 3 is 2.72 bits per heavy atom. The van der Waals surface area contributed by atoms with E-state index in [-0.39, 0.29) is 0 Å². The Bertz CT molecular complexity index is 306. The molecular formula is C15H27N3. The highest BCUT2D eigenvalue weighted by atomic mass is 15.3. The summed E-state index contributed by atoms with van der Waals surface area (Å²) < 4.78 is 0. The van der Waals surface area contributed by atoms with Gasteiger partial charge in [0, 0.05) is 31.2 Å². The van der Waals surface area contributed by atoms with Crippen LogP contribution in [0.25, 0.3) is 0 Å². The average molecular weight is 249 g/mol. The molecular weight excluding hydrogens is 222 g/mol. The first-order valence-corrected chi connectivity index (χ1v) is 8.14. The molecule has 0 aliphatic carbocycles. The van der Waals surface area contributed by atoms with Crippen molar-refractivity contribution in [1.29, 1.82) is 0 Å². The summed E-state index contributed by atoms with van der Waals surface area (Å²) in [6.45, 7) is 6.66. The molecule has 3 nitrogen and oxygen atoms in total. The van der Waals surface area contributed by atoms with E-state index < -0.39 is 0 Å². The minimum absolute atomic E-state index is 0.866. The van der Waals surface area contributed by atoms with Crippen molar-refractivity contribution >= 4 is 0 Å². The molecule has 18 heavy (non-hydrogen) atoms. The van der Waals surface area contributed by atoms with Crippen molar-refractivity contribution in [3.8, 4) is 0 Å². The average Bonchev–Trinajstić information content (AvgIpc) is 3.05. The number of likely N-dealkylation sites (tertiary alicyclic amines) is 1. The van der Waals surface area contributed by atoms with E-state index in [4.69, 9.17) is 0 Å². The molecule has 1 N–H and O–H groups in total. The lowest BCUT2D eigenvalue weighted by Gasteiger charge is -2.44. The predicted molar refractivity (Wildman–Crippen MR) is 73.7 cm³/mol. The second kappa shape index (κ2) is 4.77. The molecule has 0 radical (unpaired) electrons. The Labute approximate surface area is 111 Å². The number of hydrogen-bond acceptors (Lipinski definition) is 3. The summed E-state index contributed by atoms with van der Waals surface area (Å²) in [5.41, 5.74) is 0. The van der Waals surface area contributed by atoms with E-state index in [1.165, 1.54) is 71.2 Å². The van der Waals surface area contributed by atoms with E-state index in [9.17, 15) is 0 Å². The van der Waals surface area contributed by atoms with Crippen LogP contribution in [0.4, 0.5) is 0 Å². The molecule has 4 saturated heterocycles. The Hall–Kier alpha value is -0.120. The molecule has 4 unspecified atom stereocenters. The van der Waals surface area contributed by atoms with Crippen LogP contribution in [0.1, 0.15) is 38.5 Å². The number of piperidine rings is 2. The van der Waals surface area contributed by atoms with Crippen molar-refractivity contribution < 1.29 is 0 Å². The van der Waals surface area contributed by atoms with E-state index in [0.29, 0.717) is 0 Å². The summed E-state index contributed by atoms with van der Waals surface area (Å²) in [6, 6.07) is 2.65. The molecule has 4 rings (SSSR count). The third-order valence-electron chi connectivity index (χ3n) is 5.97. The fraction of sp³-hybridized carbons (Fsp3) is 1.00. The molecule has 4 fully saturated rings. The topological polar surface area (TPSA) is 18.5 Å². The maximum atomic E-state index is 3.63. The lowest BCUT2D eigenvalue weighted by Crippen LogP contribution is -2.55. The highest BCUT2D eigenvalue weighted by Crippen LogP contribution is 2.36. The molecule has 0 aromatic rings. The second-order valence-electron chi connectivity index (χ2n) is 6.82. The summed E-state index contributed by atoms with van der Waals surface area (Å²) in [4.78, 5) is 5.71. The zero-order chi connectivity index (χ0) is 11.9. The van der Waals surface area contributed by atoms with Crippen LogP contribution >= 0.6 is 0 Å². The molecule has 4 heterocycles. The molecule has 0 aromatic carbocycles. The summed E-state index contributed by atoms with van der Waals surface area (Å²) >= 11 is 0. The van der Waals surface area contributed by atoms with Gasteiger partial charge in [-0.2, -0.15) is 0 Å². The van der Waals surface area contributed by atoms with E-state index in [0.717, 1.165) is 24.0 Å². The van der Waals surface area contributed by atoms with E-state index in [1.807, 2.05) is 0 Å². The quantitative estimate of drug-likeness (QED) is 0.755. The van der Waals surface area contributed by atoms with Crippen LogP contribution in [0, 0.1) is 5.92 Å². The van der Waals surface area contributed by atoms with Crippen molar-refractivity contribution in [2.24, 2.45) is 5.92 Å². The summed E-state index contributed by atoms with van der Waals surface area (Å²) in [5, 5.41) is 3.63. The third kappa shape index (κ3) is 1.83. The number of nitrogens with one attached hydrogen (secondary N) is 1. The minimum atomic E-state index is 0.866. The van der Waals surface area contributed by atoms with Crippen LogP contribution in [0.15, 0.2) is 0 Å². The summed E-state index contributed by atoms with van der Waals surface area (Å²) in [6.07, 6.45) is 8.72. The van der Waals surface area contributed by atoms with Gasteiger partial charge in [0.25, 0.3) is 0 Å². The van der Waals surface area contributed by atoms with E-state index in [2.05, 4.69) is 15.1 Å².